The largest absolute Gasteiger partial charge is 0.353 e. The third-order valence-corrected chi connectivity index (χ3v) is 5.28. The number of nitrogens with zero attached hydrogens (tertiary/aromatic N) is 2. The minimum atomic E-state index is 0.349. The number of aromatic nitrogens is 2. The Morgan fingerprint density at radius 3 is 2.76 bits per heavy atom. The van der Waals surface area contributed by atoms with Crippen LogP contribution in [0.15, 0.2) is 22.7 Å². The second kappa shape index (κ2) is 5.31. The third kappa shape index (κ3) is 2.83. The first-order chi connectivity index (χ1) is 9.86. The molecular formula is C17H24BrN3. The maximum absolute atomic E-state index is 4.77. The molecule has 0 radical (unpaired) electrons. The van der Waals surface area contributed by atoms with Gasteiger partial charge in [0.25, 0.3) is 0 Å². The lowest BCUT2D eigenvalue weighted by Gasteiger charge is -2.32. The van der Waals surface area contributed by atoms with E-state index in [-0.39, 0.29) is 0 Å². The Hall–Kier alpha value is -1.03. The second-order valence-electron chi connectivity index (χ2n) is 7.28. The monoisotopic (exact) mass is 349 g/mol. The van der Waals surface area contributed by atoms with Gasteiger partial charge in [-0.25, -0.2) is 4.98 Å². The molecule has 0 aliphatic heterocycles. The zero-order chi connectivity index (χ0) is 15.2. The number of halogens is 1. The Balaban J connectivity index is 1.89. The van der Waals surface area contributed by atoms with Crippen LogP contribution < -0.4 is 5.32 Å². The Labute approximate surface area is 135 Å². The first-order valence-corrected chi connectivity index (χ1v) is 8.54. The fourth-order valence-electron chi connectivity index (χ4n) is 3.64. The molecule has 3 nitrogen and oxygen atoms in total. The van der Waals surface area contributed by atoms with Crippen LogP contribution in [0.25, 0.3) is 11.0 Å². The Morgan fingerprint density at radius 2 is 2.05 bits per heavy atom. The summed E-state index contributed by atoms with van der Waals surface area (Å²) in [4.78, 5) is 4.77. The molecule has 0 saturated heterocycles. The average Bonchev–Trinajstić information content (AvgIpc) is 2.95. The molecular weight excluding hydrogens is 326 g/mol. The number of anilines is 1. The minimum Gasteiger partial charge on any atom is -0.353 e. The highest BCUT2D eigenvalue weighted by Crippen LogP contribution is 2.40. The van der Waals surface area contributed by atoms with Gasteiger partial charge in [0.05, 0.1) is 11.0 Å². The third-order valence-electron chi connectivity index (χ3n) is 4.79. The van der Waals surface area contributed by atoms with E-state index in [2.05, 4.69) is 71.8 Å². The lowest BCUT2D eigenvalue weighted by Crippen LogP contribution is -2.33. The zero-order valence-electron chi connectivity index (χ0n) is 13.3. The topological polar surface area (TPSA) is 29.9 Å². The van der Waals surface area contributed by atoms with Crippen molar-refractivity contribution in [1.29, 1.82) is 0 Å². The van der Waals surface area contributed by atoms with Crippen LogP contribution in [0.1, 0.15) is 40.0 Å². The maximum atomic E-state index is 4.77. The SMILES string of the molecule is Cn1c(NC2CCCC2C(C)(C)C)nc2cc(Br)ccc21. The van der Waals surface area contributed by atoms with E-state index in [4.69, 9.17) is 4.98 Å². The van der Waals surface area contributed by atoms with Crippen molar-refractivity contribution in [3.8, 4) is 0 Å². The van der Waals surface area contributed by atoms with E-state index in [0.717, 1.165) is 15.9 Å². The van der Waals surface area contributed by atoms with Crippen molar-refractivity contribution in [3.63, 3.8) is 0 Å². The summed E-state index contributed by atoms with van der Waals surface area (Å²) in [6, 6.07) is 6.80. The standard InChI is InChI=1S/C17H24BrN3/c1-17(2,3)12-6-5-7-13(12)19-16-20-14-10-11(18)8-9-15(14)21(16)4/h8-10,12-13H,5-7H2,1-4H3,(H,19,20). The van der Waals surface area contributed by atoms with Gasteiger partial charge in [-0.15, -0.1) is 0 Å². The van der Waals surface area contributed by atoms with Crippen LogP contribution in [0.5, 0.6) is 0 Å². The minimum absolute atomic E-state index is 0.349. The highest BCUT2D eigenvalue weighted by Gasteiger charge is 2.36. The number of fused-ring (bicyclic) bond motifs is 1. The van der Waals surface area contributed by atoms with Gasteiger partial charge in [-0.2, -0.15) is 0 Å². The van der Waals surface area contributed by atoms with Crippen molar-refractivity contribution in [2.45, 2.75) is 46.1 Å². The van der Waals surface area contributed by atoms with Crippen molar-refractivity contribution in [2.24, 2.45) is 18.4 Å². The van der Waals surface area contributed by atoms with Gasteiger partial charge >= 0.3 is 0 Å². The van der Waals surface area contributed by atoms with Crippen LogP contribution in [-0.2, 0) is 7.05 Å². The molecule has 1 saturated carbocycles. The number of benzene rings is 1. The molecule has 2 unspecified atom stereocenters. The van der Waals surface area contributed by atoms with Gasteiger partial charge in [-0.1, -0.05) is 43.1 Å². The second-order valence-corrected chi connectivity index (χ2v) is 8.20. The first-order valence-electron chi connectivity index (χ1n) is 7.75. The summed E-state index contributed by atoms with van der Waals surface area (Å²) in [5, 5.41) is 3.71. The summed E-state index contributed by atoms with van der Waals surface area (Å²) in [7, 11) is 2.09. The molecule has 4 heteroatoms. The highest BCUT2D eigenvalue weighted by atomic mass is 79.9. The van der Waals surface area contributed by atoms with Gasteiger partial charge in [0.15, 0.2) is 0 Å². The summed E-state index contributed by atoms with van der Waals surface area (Å²) >= 11 is 3.52. The van der Waals surface area contributed by atoms with Crippen molar-refractivity contribution in [3.05, 3.63) is 22.7 Å². The van der Waals surface area contributed by atoms with Crippen molar-refractivity contribution < 1.29 is 0 Å². The van der Waals surface area contributed by atoms with Gasteiger partial charge in [0.2, 0.25) is 5.95 Å². The molecule has 1 fully saturated rings. The van der Waals surface area contributed by atoms with Gasteiger partial charge in [0, 0.05) is 17.6 Å². The van der Waals surface area contributed by atoms with Crippen LogP contribution >= 0.6 is 15.9 Å². The Kier molecular flexibility index (Phi) is 3.76. The number of imidazole rings is 1. The van der Waals surface area contributed by atoms with Crippen LogP contribution in [-0.4, -0.2) is 15.6 Å². The number of nitrogens with one attached hydrogen (secondary N) is 1. The molecule has 1 aromatic heterocycles. The predicted octanol–water partition coefficient (Wildman–Crippen LogP) is 4.96. The predicted molar refractivity (Wildman–Crippen MR) is 92.6 cm³/mol. The average molecular weight is 350 g/mol. The zero-order valence-corrected chi connectivity index (χ0v) is 14.9. The quantitative estimate of drug-likeness (QED) is 0.829. The molecule has 0 amide bonds. The van der Waals surface area contributed by atoms with Crippen LogP contribution in [0, 0.1) is 11.3 Å². The van der Waals surface area contributed by atoms with Crippen molar-refractivity contribution in [2.75, 3.05) is 5.32 Å². The van der Waals surface area contributed by atoms with Gasteiger partial charge in [-0.3, -0.25) is 0 Å². The van der Waals surface area contributed by atoms with E-state index in [0.29, 0.717) is 17.4 Å². The fourth-order valence-corrected chi connectivity index (χ4v) is 3.99. The number of hydrogen-bond donors (Lipinski definition) is 1. The molecule has 114 valence electrons. The molecule has 1 N–H and O–H groups in total. The number of aryl methyl sites for hydroxylation is 1. The highest BCUT2D eigenvalue weighted by molar-refractivity contribution is 9.10. The van der Waals surface area contributed by atoms with E-state index in [1.165, 1.54) is 24.8 Å². The molecule has 1 aromatic carbocycles. The lowest BCUT2D eigenvalue weighted by molar-refractivity contribution is 0.232. The smallest absolute Gasteiger partial charge is 0.203 e. The molecule has 1 heterocycles. The maximum Gasteiger partial charge on any atom is 0.203 e. The van der Waals surface area contributed by atoms with E-state index in [1.54, 1.807) is 0 Å². The van der Waals surface area contributed by atoms with E-state index < -0.39 is 0 Å². The molecule has 21 heavy (non-hydrogen) atoms. The van der Waals surface area contributed by atoms with Crippen LogP contribution in [0.4, 0.5) is 5.95 Å². The molecule has 0 spiro atoms. The molecule has 1 aliphatic rings. The number of rotatable bonds is 2. The van der Waals surface area contributed by atoms with Crippen molar-refractivity contribution >= 4 is 32.9 Å². The molecule has 2 atom stereocenters. The molecule has 0 bridgehead atoms. The van der Waals surface area contributed by atoms with E-state index >= 15 is 0 Å². The molecule has 1 aliphatic carbocycles. The van der Waals surface area contributed by atoms with Gasteiger partial charge in [0.1, 0.15) is 0 Å². The molecule has 3 rings (SSSR count). The Bertz CT molecular complexity index is 654. The first kappa shape index (κ1) is 14.9. The summed E-state index contributed by atoms with van der Waals surface area (Å²) in [6.07, 6.45) is 3.88. The van der Waals surface area contributed by atoms with Crippen LogP contribution in [0.2, 0.25) is 0 Å². The van der Waals surface area contributed by atoms with E-state index in [9.17, 15) is 0 Å². The van der Waals surface area contributed by atoms with Gasteiger partial charge in [-0.05, 0) is 42.4 Å². The summed E-state index contributed by atoms with van der Waals surface area (Å²) in [5.74, 6) is 1.70. The van der Waals surface area contributed by atoms with Gasteiger partial charge < -0.3 is 9.88 Å². The van der Waals surface area contributed by atoms with Crippen LogP contribution in [0.3, 0.4) is 0 Å². The molecule has 2 aromatic rings. The van der Waals surface area contributed by atoms with E-state index in [1.807, 2.05) is 0 Å². The normalized spacial score (nSPS) is 22.9. The summed E-state index contributed by atoms with van der Waals surface area (Å²) < 4.78 is 3.24. The van der Waals surface area contributed by atoms with Crippen molar-refractivity contribution in [1.82, 2.24) is 9.55 Å². The summed E-state index contributed by atoms with van der Waals surface area (Å²) in [5.41, 5.74) is 2.56. The summed E-state index contributed by atoms with van der Waals surface area (Å²) in [6.45, 7) is 7.05. The number of hydrogen-bond acceptors (Lipinski definition) is 2. The fraction of sp³-hybridized carbons (Fsp3) is 0.588. The lowest BCUT2D eigenvalue weighted by atomic mass is 9.77. The Morgan fingerprint density at radius 1 is 1.29 bits per heavy atom.